The molecule has 8 nitrogen and oxygen atoms in total. The van der Waals surface area contributed by atoms with Gasteiger partial charge >= 0.3 is 5.97 Å². The molecule has 2 amide bonds. The van der Waals surface area contributed by atoms with Crippen LogP contribution in [-0.2, 0) is 16.0 Å². The first-order valence-corrected chi connectivity index (χ1v) is 11.3. The molecule has 5 rings (SSSR count). The average Bonchev–Trinajstić information content (AvgIpc) is 3.50. The first kappa shape index (κ1) is 20.6. The third-order valence-electron chi connectivity index (χ3n) is 5.69. The van der Waals surface area contributed by atoms with Crippen molar-refractivity contribution < 1.29 is 23.5 Å². The second-order valence-corrected chi connectivity index (χ2v) is 9.01. The molecule has 3 heterocycles. The van der Waals surface area contributed by atoms with Gasteiger partial charge in [-0.25, -0.2) is 4.79 Å². The number of thioether (sulfide) groups is 1. The molecular formula is C23H21N3O5S. The molecule has 164 valence electrons. The van der Waals surface area contributed by atoms with Crippen LogP contribution in [0.15, 0.2) is 52.9 Å². The molecule has 32 heavy (non-hydrogen) atoms. The number of carbonyl (C=O) groups is 3. The van der Waals surface area contributed by atoms with Gasteiger partial charge in [0.15, 0.2) is 5.58 Å². The van der Waals surface area contributed by atoms with Crippen molar-refractivity contribution in [3.8, 4) is 0 Å². The van der Waals surface area contributed by atoms with Crippen LogP contribution in [0.2, 0.25) is 0 Å². The molecule has 2 aliphatic rings. The lowest BCUT2D eigenvalue weighted by atomic mass is 10.1. The smallest absolute Gasteiger partial charge is 0.338 e. The van der Waals surface area contributed by atoms with Crippen LogP contribution in [0.4, 0.5) is 10.8 Å². The summed E-state index contributed by atoms with van der Waals surface area (Å²) < 4.78 is 11.5. The molecule has 2 saturated heterocycles. The number of imide groups is 1. The maximum atomic E-state index is 12.5. The summed E-state index contributed by atoms with van der Waals surface area (Å²) in [6.07, 6.45) is 2.30. The molecule has 2 aromatic carbocycles. The Morgan fingerprint density at radius 1 is 1.19 bits per heavy atom. The predicted octanol–water partition coefficient (Wildman–Crippen LogP) is 3.55. The summed E-state index contributed by atoms with van der Waals surface area (Å²) in [5.74, 6) is -0.673. The van der Waals surface area contributed by atoms with Gasteiger partial charge in [-0.3, -0.25) is 14.9 Å². The van der Waals surface area contributed by atoms with E-state index in [9.17, 15) is 14.4 Å². The minimum absolute atomic E-state index is 0.0155. The quantitative estimate of drug-likeness (QED) is 0.568. The molecule has 0 aliphatic carbocycles. The first-order valence-electron chi connectivity index (χ1n) is 10.5. The Morgan fingerprint density at radius 3 is 2.75 bits per heavy atom. The molecule has 2 aliphatic heterocycles. The van der Waals surface area contributed by atoms with Crippen molar-refractivity contribution in [2.75, 3.05) is 18.1 Å². The highest BCUT2D eigenvalue weighted by Crippen LogP contribution is 2.28. The SMILES string of the molecule is O=C1NC(=O)C(Cc2ccc(C(=O)OC[C@@H]3CCCN3c3nc4ccccc4o3)cc2)S1. The van der Waals surface area contributed by atoms with Gasteiger partial charge in [0.1, 0.15) is 12.1 Å². The van der Waals surface area contributed by atoms with E-state index in [4.69, 9.17) is 9.15 Å². The van der Waals surface area contributed by atoms with Gasteiger partial charge in [-0.1, -0.05) is 36.0 Å². The Morgan fingerprint density at radius 2 is 2.00 bits per heavy atom. The molecular weight excluding hydrogens is 430 g/mol. The number of anilines is 1. The van der Waals surface area contributed by atoms with E-state index in [1.54, 1.807) is 24.3 Å². The molecule has 0 spiro atoms. The molecule has 3 aromatic rings. The molecule has 1 unspecified atom stereocenters. The van der Waals surface area contributed by atoms with Gasteiger partial charge in [-0.2, -0.15) is 4.98 Å². The maximum Gasteiger partial charge on any atom is 0.338 e. The Labute approximate surface area is 188 Å². The van der Waals surface area contributed by atoms with Crippen LogP contribution in [0, 0.1) is 0 Å². The summed E-state index contributed by atoms with van der Waals surface area (Å²) in [4.78, 5) is 42.2. The third-order valence-corrected chi connectivity index (χ3v) is 6.67. The number of nitrogens with one attached hydrogen (secondary N) is 1. The van der Waals surface area contributed by atoms with Gasteiger partial charge in [0.05, 0.1) is 16.9 Å². The summed E-state index contributed by atoms with van der Waals surface area (Å²) in [7, 11) is 0. The van der Waals surface area contributed by atoms with Gasteiger partial charge in [0, 0.05) is 6.54 Å². The van der Waals surface area contributed by atoms with E-state index in [1.165, 1.54) is 0 Å². The van der Waals surface area contributed by atoms with E-state index >= 15 is 0 Å². The predicted molar refractivity (Wildman–Crippen MR) is 120 cm³/mol. The van der Waals surface area contributed by atoms with Crippen LogP contribution < -0.4 is 10.2 Å². The number of esters is 1. The average molecular weight is 452 g/mol. The van der Waals surface area contributed by atoms with E-state index in [0.29, 0.717) is 18.0 Å². The zero-order valence-electron chi connectivity index (χ0n) is 17.2. The lowest BCUT2D eigenvalue weighted by Gasteiger charge is -2.22. The number of benzene rings is 2. The van der Waals surface area contributed by atoms with Crippen molar-refractivity contribution in [3.63, 3.8) is 0 Å². The summed E-state index contributed by atoms with van der Waals surface area (Å²) in [6, 6.07) is 15.1. The Kier molecular flexibility index (Phi) is 5.57. The number of amides is 2. The number of carbonyl (C=O) groups excluding carboxylic acids is 3. The Hall–Kier alpha value is -3.33. The van der Waals surface area contributed by atoms with Crippen molar-refractivity contribution in [2.24, 2.45) is 0 Å². The van der Waals surface area contributed by atoms with Gasteiger partial charge in [-0.05, 0) is 49.1 Å². The lowest BCUT2D eigenvalue weighted by molar-refractivity contribution is -0.118. The van der Waals surface area contributed by atoms with Crippen LogP contribution in [0.1, 0.15) is 28.8 Å². The van der Waals surface area contributed by atoms with Gasteiger partial charge in [0.25, 0.3) is 11.3 Å². The van der Waals surface area contributed by atoms with Gasteiger partial charge in [0.2, 0.25) is 5.91 Å². The zero-order chi connectivity index (χ0) is 22.1. The number of hydrogen-bond acceptors (Lipinski definition) is 8. The number of ether oxygens (including phenoxy) is 1. The third kappa shape index (κ3) is 4.20. The van der Waals surface area contributed by atoms with Crippen LogP contribution >= 0.6 is 11.8 Å². The Balaban J connectivity index is 1.18. The minimum atomic E-state index is -0.430. The fourth-order valence-electron chi connectivity index (χ4n) is 4.02. The molecule has 0 saturated carbocycles. The first-order chi connectivity index (χ1) is 15.6. The fraction of sp³-hybridized carbons (Fsp3) is 0.304. The summed E-state index contributed by atoms with van der Waals surface area (Å²) in [5.41, 5.74) is 2.87. The number of aromatic nitrogens is 1. The van der Waals surface area contributed by atoms with Crippen molar-refractivity contribution >= 4 is 46.0 Å². The second-order valence-electron chi connectivity index (χ2n) is 7.84. The van der Waals surface area contributed by atoms with Crippen LogP contribution in [0.3, 0.4) is 0 Å². The normalized spacial score (nSPS) is 20.7. The van der Waals surface area contributed by atoms with Crippen molar-refractivity contribution in [3.05, 3.63) is 59.7 Å². The minimum Gasteiger partial charge on any atom is -0.460 e. The number of rotatable bonds is 6. The largest absolute Gasteiger partial charge is 0.460 e. The summed E-state index contributed by atoms with van der Waals surface area (Å²) in [6.45, 7) is 1.05. The fourth-order valence-corrected chi connectivity index (χ4v) is 4.88. The number of hydrogen-bond donors (Lipinski definition) is 1. The second kappa shape index (κ2) is 8.66. The molecule has 9 heteroatoms. The highest BCUT2D eigenvalue weighted by atomic mass is 32.2. The number of fused-ring (bicyclic) bond motifs is 1. The van der Waals surface area contributed by atoms with E-state index in [2.05, 4.69) is 15.2 Å². The molecule has 2 fully saturated rings. The van der Waals surface area contributed by atoms with Crippen molar-refractivity contribution in [1.82, 2.24) is 10.3 Å². The maximum absolute atomic E-state index is 12.5. The lowest BCUT2D eigenvalue weighted by Crippen LogP contribution is -2.34. The van der Waals surface area contributed by atoms with Crippen LogP contribution in [0.5, 0.6) is 0 Å². The van der Waals surface area contributed by atoms with E-state index < -0.39 is 11.2 Å². The van der Waals surface area contributed by atoms with E-state index in [-0.39, 0.29) is 23.8 Å². The molecule has 1 N–H and O–H groups in total. The molecule has 0 radical (unpaired) electrons. The summed E-state index contributed by atoms with van der Waals surface area (Å²) >= 11 is 0.992. The van der Waals surface area contributed by atoms with Gasteiger partial charge in [-0.15, -0.1) is 0 Å². The topological polar surface area (TPSA) is 102 Å². The standard InChI is InChI=1S/C23H21N3O5S/c27-20-19(32-23(29)25-20)12-14-7-9-15(10-8-14)21(28)30-13-16-4-3-11-26(16)22-24-17-5-1-2-6-18(17)31-22/h1-2,5-10,16,19H,3-4,11-13H2,(H,25,27,29)/t16-,19?/m0/s1. The number of para-hydroxylation sites is 2. The highest BCUT2D eigenvalue weighted by molar-refractivity contribution is 8.15. The number of nitrogens with zero attached hydrogens (tertiary/aromatic N) is 2. The van der Waals surface area contributed by atoms with Crippen molar-refractivity contribution in [1.29, 1.82) is 0 Å². The number of oxazole rings is 1. The monoisotopic (exact) mass is 451 g/mol. The zero-order valence-corrected chi connectivity index (χ0v) is 18.0. The Bertz CT molecular complexity index is 1140. The van der Waals surface area contributed by atoms with E-state index in [1.807, 2.05) is 24.3 Å². The molecule has 2 atom stereocenters. The highest BCUT2D eigenvalue weighted by Gasteiger charge is 2.32. The van der Waals surface area contributed by atoms with Crippen molar-refractivity contribution in [2.45, 2.75) is 30.6 Å². The van der Waals surface area contributed by atoms with E-state index in [0.717, 1.165) is 47.8 Å². The molecule has 0 bridgehead atoms. The molecule has 1 aromatic heterocycles. The summed E-state index contributed by atoms with van der Waals surface area (Å²) in [5, 5.41) is 1.53. The van der Waals surface area contributed by atoms with Gasteiger partial charge < -0.3 is 14.1 Å². The van der Waals surface area contributed by atoms with Crippen LogP contribution in [0.25, 0.3) is 11.1 Å². The van der Waals surface area contributed by atoms with Crippen LogP contribution in [-0.4, -0.2) is 46.5 Å².